The highest BCUT2D eigenvalue weighted by Gasteiger charge is 2.16. The van der Waals surface area contributed by atoms with Gasteiger partial charge in [-0.3, -0.25) is 14.2 Å². The number of nitrogens with zero attached hydrogens (tertiary/aromatic N) is 2. The lowest BCUT2D eigenvalue weighted by atomic mass is 10.2. The Morgan fingerprint density at radius 1 is 1.23 bits per heavy atom. The van der Waals surface area contributed by atoms with Crippen LogP contribution in [0.4, 0.5) is 8.78 Å². The number of carbonyl (C=O) groups excluding carboxylic acids is 1. The number of rotatable bonds is 7. The van der Waals surface area contributed by atoms with E-state index in [1.54, 1.807) is 31.2 Å². The van der Waals surface area contributed by atoms with Gasteiger partial charge >= 0.3 is 0 Å². The first kappa shape index (κ1) is 22.6. The van der Waals surface area contributed by atoms with E-state index in [0.717, 1.165) is 17.7 Å². The fraction of sp³-hybridized carbons (Fsp3) is 0.190. The maximum Gasteiger partial charge on any atom is 0.276 e. The quantitative estimate of drug-likeness (QED) is 0.527. The van der Waals surface area contributed by atoms with Crippen LogP contribution in [0, 0.1) is 18.6 Å². The van der Waals surface area contributed by atoms with Crippen LogP contribution in [-0.4, -0.2) is 27.2 Å². The Balaban J connectivity index is 1.81. The molecular weight excluding hydrogens is 476 g/mol. The van der Waals surface area contributed by atoms with Crippen LogP contribution in [0.3, 0.4) is 0 Å². The van der Waals surface area contributed by atoms with Gasteiger partial charge in [-0.25, -0.2) is 8.78 Å². The van der Waals surface area contributed by atoms with Crippen LogP contribution in [0.15, 0.2) is 51.7 Å². The molecule has 0 aliphatic rings. The predicted octanol–water partition coefficient (Wildman–Crippen LogP) is 2.77. The number of amides is 1. The first-order valence-electron chi connectivity index (χ1n) is 9.13. The average molecular weight is 494 g/mol. The Morgan fingerprint density at radius 3 is 2.58 bits per heavy atom. The number of hydrogen-bond acceptors (Lipinski definition) is 5. The molecule has 3 aromatic rings. The Bertz CT molecular complexity index is 1170. The molecule has 2 aromatic carbocycles. The number of aliphatic hydroxyl groups is 1. The summed E-state index contributed by atoms with van der Waals surface area (Å²) in [6, 6.07) is 9.98. The summed E-state index contributed by atoms with van der Waals surface area (Å²) in [6.45, 7) is 1.04. The number of aryl methyl sites for hydroxylation is 1. The number of halogens is 3. The van der Waals surface area contributed by atoms with Crippen molar-refractivity contribution in [3.63, 3.8) is 0 Å². The second-order valence-electron chi connectivity index (χ2n) is 6.54. The van der Waals surface area contributed by atoms with Crippen molar-refractivity contribution in [2.75, 3.05) is 6.61 Å². The number of benzene rings is 2. The molecule has 1 heterocycles. The van der Waals surface area contributed by atoms with Gasteiger partial charge in [-0.15, -0.1) is 0 Å². The van der Waals surface area contributed by atoms with Crippen molar-refractivity contribution >= 4 is 21.8 Å². The fourth-order valence-electron chi connectivity index (χ4n) is 2.79. The molecule has 1 amide bonds. The second-order valence-corrected chi connectivity index (χ2v) is 7.34. The van der Waals surface area contributed by atoms with E-state index >= 15 is 0 Å². The highest BCUT2D eigenvalue weighted by Crippen LogP contribution is 2.22. The van der Waals surface area contributed by atoms with Gasteiger partial charge in [0.05, 0.1) is 5.69 Å². The van der Waals surface area contributed by atoms with E-state index in [2.05, 4.69) is 26.2 Å². The van der Waals surface area contributed by atoms with E-state index in [1.165, 1.54) is 10.6 Å². The molecular formula is C21H18BrF2N3O4. The van der Waals surface area contributed by atoms with E-state index < -0.39 is 29.7 Å². The van der Waals surface area contributed by atoms with Crippen molar-refractivity contribution < 1.29 is 23.4 Å². The number of carbonyl (C=O) groups is 1. The highest BCUT2D eigenvalue weighted by molar-refractivity contribution is 9.10. The molecule has 3 rings (SSSR count). The predicted molar refractivity (Wildman–Crippen MR) is 112 cm³/mol. The lowest BCUT2D eigenvalue weighted by Crippen LogP contribution is -2.26. The normalized spacial score (nSPS) is 10.7. The van der Waals surface area contributed by atoms with Gasteiger partial charge in [-0.1, -0.05) is 12.1 Å². The average Bonchev–Trinajstić information content (AvgIpc) is 2.75. The van der Waals surface area contributed by atoms with Crippen LogP contribution >= 0.6 is 15.9 Å². The molecule has 0 bridgehead atoms. The van der Waals surface area contributed by atoms with E-state index in [0.29, 0.717) is 11.5 Å². The molecule has 0 spiro atoms. The monoisotopic (exact) mass is 493 g/mol. The minimum absolute atomic E-state index is 0.00851. The summed E-state index contributed by atoms with van der Waals surface area (Å²) in [4.78, 5) is 28.3. The minimum atomic E-state index is -0.753. The van der Waals surface area contributed by atoms with Crippen molar-refractivity contribution in [3.05, 3.63) is 85.9 Å². The Morgan fingerprint density at radius 2 is 1.94 bits per heavy atom. The standard InChI is InChI=1S/C21H18BrF2N3O4/c1-12-26-20(31-11-14-4-5-15(23)8-17(14)24)19(22)21(30)27(12)16-6-2-13(3-7-16)9-25-18(29)10-28/h2-8,28H,9-11H2,1H3,(H,25,29). The highest BCUT2D eigenvalue weighted by atomic mass is 79.9. The number of ether oxygens (including phenoxy) is 1. The maximum absolute atomic E-state index is 13.8. The van der Waals surface area contributed by atoms with Crippen LogP contribution in [0.2, 0.25) is 0 Å². The zero-order chi connectivity index (χ0) is 22.5. The molecule has 0 fully saturated rings. The SMILES string of the molecule is Cc1nc(OCc2ccc(F)cc2F)c(Br)c(=O)n1-c1ccc(CNC(=O)CO)cc1. The van der Waals surface area contributed by atoms with Gasteiger partial charge in [0.15, 0.2) is 0 Å². The molecule has 10 heteroatoms. The molecule has 0 radical (unpaired) electrons. The van der Waals surface area contributed by atoms with Crippen LogP contribution < -0.4 is 15.6 Å². The molecule has 7 nitrogen and oxygen atoms in total. The maximum atomic E-state index is 13.8. The van der Waals surface area contributed by atoms with Crippen molar-refractivity contribution in [1.29, 1.82) is 0 Å². The summed E-state index contributed by atoms with van der Waals surface area (Å²) < 4.78 is 33.7. The molecule has 0 saturated carbocycles. The summed E-state index contributed by atoms with van der Waals surface area (Å²) in [5.41, 5.74) is 1.03. The zero-order valence-corrected chi connectivity index (χ0v) is 17.9. The van der Waals surface area contributed by atoms with Crippen LogP contribution in [0.25, 0.3) is 5.69 Å². The van der Waals surface area contributed by atoms with E-state index in [-0.39, 0.29) is 29.1 Å². The minimum Gasteiger partial charge on any atom is -0.472 e. The molecule has 0 saturated heterocycles. The number of aliphatic hydroxyl groups excluding tert-OH is 1. The van der Waals surface area contributed by atoms with Gasteiger partial charge in [0.2, 0.25) is 11.8 Å². The Kier molecular flexibility index (Phi) is 7.13. The first-order chi connectivity index (χ1) is 14.8. The van der Waals surface area contributed by atoms with E-state index in [9.17, 15) is 18.4 Å². The smallest absolute Gasteiger partial charge is 0.276 e. The Hall–Kier alpha value is -3.11. The zero-order valence-electron chi connectivity index (χ0n) is 16.4. The first-order valence-corrected chi connectivity index (χ1v) is 9.92. The third-order valence-corrected chi connectivity index (χ3v) is 5.05. The number of aromatic nitrogens is 2. The van der Waals surface area contributed by atoms with Gasteiger partial charge < -0.3 is 15.2 Å². The van der Waals surface area contributed by atoms with Gasteiger partial charge in [-0.05, 0) is 52.7 Å². The largest absolute Gasteiger partial charge is 0.472 e. The Labute approximate surface area is 184 Å². The summed E-state index contributed by atoms with van der Waals surface area (Å²) in [6.07, 6.45) is 0. The third-order valence-electron chi connectivity index (χ3n) is 4.37. The van der Waals surface area contributed by atoms with Crippen molar-refractivity contribution in [3.8, 4) is 11.6 Å². The summed E-state index contributed by atoms with van der Waals surface area (Å²) in [7, 11) is 0. The van der Waals surface area contributed by atoms with Gasteiger partial charge in [0.25, 0.3) is 5.56 Å². The third kappa shape index (κ3) is 5.33. The molecule has 0 unspecified atom stereocenters. The van der Waals surface area contributed by atoms with Gasteiger partial charge in [-0.2, -0.15) is 4.98 Å². The lowest BCUT2D eigenvalue weighted by molar-refractivity contribution is -0.123. The van der Waals surface area contributed by atoms with Gasteiger partial charge in [0.1, 0.15) is 35.1 Å². The molecule has 0 aliphatic carbocycles. The molecule has 1 aromatic heterocycles. The molecule has 0 aliphatic heterocycles. The van der Waals surface area contributed by atoms with Crippen molar-refractivity contribution in [2.45, 2.75) is 20.1 Å². The lowest BCUT2D eigenvalue weighted by Gasteiger charge is -2.14. The van der Waals surface area contributed by atoms with Crippen LogP contribution in [-0.2, 0) is 17.9 Å². The summed E-state index contributed by atoms with van der Waals surface area (Å²) in [5, 5.41) is 11.3. The van der Waals surface area contributed by atoms with E-state index in [4.69, 9.17) is 9.84 Å². The molecule has 31 heavy (non-hydrogen) atoms. The van der Waals surface area contributed by atoms with Gasteiger partial charge in [0, 0.05) is 18.2 Å². The van der Waals surface area contributed by atoms with Crippen molar-refractivity contribution in [1.82, 2.24) is 14.9 Å². The summed E-state index contributed by atoms with van der Waals surface area (Å²) >= 11 is 3.18. The number of nitrogens with one attached hydrogen (secondary N) is 1. The number of hydrogen-bond donors (Lipinski definition) is 2. The van der Waals surface area contributed by atoms with Crippen LogP contribution in [0.5, 0.6) is 5.88 Å². The fourth-order valence-corrected chi connectivity index (χ4v) is 3.17. The molecule has 0 atom stereocenters. The molecule has 162 valence electrons. The van der Waals surface area contributed by atoms with Crippen molar-refractivity contribution in [2.24, 2.45) is 0 Å². The van der Waals surface area contributed by atoms with Crippen LogP contribution in [0.1, 0.15) is 17.0 Å². The topological polar surface area (TPSA) is 93.5 Å². The summed E-state index contributed by atoms with van der Waals surface area (Å²) in [5.74, 6) is -1.60. The molecule has 2 N–H and O–H groups in total. The second kappa shape index (κ2) is 9.80. The van der Waals surface area contributed by atoms with E-state index in [1.807, 2.05) is 0 Å².